The molecule has 3 N–H and O–H groups in total. The van der Waals surface area contributed by atoms with Crippen LogP contribution in [-0.4, -0.2) is 15.0 Å². The summed E-state index contributed by atoms with van der Waals surface area (Å²) in [5.41, 5.74) is 9.52. The van der Waals surface area contributed by atoms with Gasteiger partial charge < -0.3 is 11.1 Å². The van der Waals surface area contributed by atoms with Crippen molar-refractivity contribution in [1.82, 2.24) is 15.0 Å². The molecule has 1 unspecified atom stereocenters. The molecule has 4 rings (SSSR count). The van der Waals surface area contributed by atoms with Gasteiger partial charge >= 0.3 is 0 Å². The molecule has 0 saturated carbocycles. The Morgan fingerprint density at radius 1 is 1.07 bits per heavy atom. The number of hydrogen-bond donors (Lipinski definition) is 2. The number of nitrogens with zero attached hydrogens (tertiary/aromatic N) is 4. The SMILES string of the molecule is CC(Nc1ncnc(N)c1C#N)c1cnc2ccccc2c1-c1ccc(F)cc1. The van der Waals surface area contributed by atoms with Crippen LogP contribution in [0.2, 0.25) is 0 Å². The molecule has 0 aliphatic heterocycles. The van der Waals surface area contributed by atoms with Crippen molar-refractivity contribution in [3.63, 3.8) is 0 Å². The van der Waals surface area contributed by atoms with Gasteiger partial charge in [-0.25, -0.2) is 14.4 Å². The standard InChI is InChI=1S/C22H17FN6/c1-13(29-22-17(10-24)21(25)27-12-28-22)18-11-26-19-5-3-2-4-16(19)20(18)14-6-8-15(23)9-7-14/h2-9,11-13H,1H3,(H3,25,27,28,29). The minimum Gasteiger partial charge on any atom is -0.382 e. The second-order valence-corrected chi connectivity index (χ2v) is 6.57. The normalized spacial score (nSPS) is 11.8. The Morgan fingerprint density at radius 2 is 1.83 bits per heavy atom. The Morgan fingerprint density at radius 3 is 2.59 bits per heavy atom. The Bertz CT molecular complexity index is 1230. The lowest BCUT2D eigenvalue weighted by Crippen LogP contribution is -2.12. The van der Waals surface area contributed by atoms with Gasteiger partial charge in [0.15, 0.2) is 0 Å². The number of nitrogen functional groups attached to an aromatic ring is 1. The summed E-state index contributed by atoms with van der Waals surface area (Å²) in [5.74, 6) is 0.174. The Labute approximate surface area is 166 Å². The molecule has 4 aromatic rings. The van der Waals surface area contributed by atoms with Gasteiger partial charge in [-0.15, -0.1) is 0 Å². The third kappa shape index (κ3) is 3.44. The molecule has 6 nitrogen and oxygen atoms in total. The van der Waals surface area contributed by atoms with Crippen molar-refractivity contribution in [2.24, 2.45) is 0 Å². The molecule has 2 aromatic carbocycles. The van der Waals surface area contributed by atoms with Gasteiger partial charge in [-0.05, 0) is 36.2 Å². The van der Waals surface area contributed by atoms with E-state index in [1.807, 2.05) is 37.3 Å². The summed E-state index contributed by atoms with van der Waals surface area (Å²) in [7, 11) is 0. The fraction of sp³-hybridized carbons (Fsp3) is 0.0909. The van der Waals surface area contributed by atoms with Crippen molar-refractivity contribution in [3.05, 3.63) is 78.0 Å². The van der Waals surface area contributed by atoms with Crippen LogP contribution in [0.4, 0.5) is 16.0 Å². The first-order valence-corrected chi connectivity index (χ1v) is 8.99. The van der Waals surface area contributed by atoms with Gasteiger partial charge in [0.05, 0.1) is 11.6 Å². The first kappa shape index (κ1) is 18.3. The molecule has 0 fully saturated rings. The van der Waals surface area contributed by atoms with E-state index in [-0.39, 0.29) is 23.2 Å². The number of anilines is 2. The molecular weight excluding hydrogens is 367 g/mol. The lowest BCUT2D eigenvalue weighted by molar-refractivity contribution is 0.628. The van der Waals surface area contributed by atoms with Crippen molar-refractivity contribution < 1.29 is 4.39 Å². The Kier molecular flexibility index (Phi) is 4.75. The predicted molar refractivity (Wildman–Crippen MR) is 110 cm³/mol. The minimum absolute atomic E-state index is 0.118. The number of para-hydroxylation sites is 1. The van der Waals surface area contributed by atoms with Gasteiger partial charge in [0.25, 0.3) is 0 Å². The van der Waals surface area contributed by atoms with Crippen molar-refractivity contribution in [2.75, 3.05) is 11.1 Å². The van der Waals surface area contributed by atoms with Crippen molar-refractivity contribution in [1.29, 1.82) is 5.26 Å². The first-order valence-electron chi connectivity index (χ1n) is 8.99. The number of nitrogens with two attached hydrogens (primary N) is 1. The molecule has 0 saturated heterocycles. The predicted octanol–water partition coefficient (Wildman–Crippen LogP) is 4.46. The van der Waals surface area contributed by atoms with Crippen LogP contribution in [0.5, 0.6) is 0 Å². The summed E-state index contributed by atoms with van der Waals surface area (Å²) < 4.78 is 13.5. The average Bonchev–Trinajstić information content (AvgIpc) is 2.74. The number of nitriles is 1. The van der Waals surface area contributed by atoms with Gasteiger partial charge in [0.1, 0.15) is 35.4 Å². The molecule has 0 radical (unpaired) electrons. The molecule has 0 bridgehead atoms. The summed E-state index contributed by atoms with van der Waals surface area (Å²) in [6, 6.07) is 15.9. The summed E-state index contributed by atoms with van der Waals surface area (Å²) in [6.45, 7) is 1.94. The molecular formula is C22H17FN6. The fourth-order valence-corrected chi connectivity index (χ4v) is 3.33. The smallest absolute Gasteiger partial charge is 0.150 e. The van der Waals surface area contributed by atoms with Crippen LogP contribution in [0.15, 0.2) is 61.1 Å². The van der Waals surface area contributed by atoms with Gasteiger partial charge in [0.2, 0.25) is 0 Å². The molecule has 7 heteroatoms. The Balaban J connectivity index is 1.86. The number of nitrogens with one attached hydrogen (secondary N) is 1. The highest BCUT2D eigenvalue weighted by Gasteiger charge is 2.18. The zero-order chi connectivity index (χ0) is 20.4. The topological polar surface area (TPSA) is 101 Å². The lowest BCUT2D eigenvalue weighted by atomic mass is 9.93. The van der Waals surface area contributed by atoms with E-state index in [9.17, 15) is 9.65 Å². The number of pyridine rings is 1. The van der Waals surface area contributed by atoms with Crippen LogP contribution in [0.3, 0.4) is 0 Å². The summed E-state index contributed by atoms with van der Waals surface area (Å²) in [6.07, 6.45) is 3.10. The van der Waals surface area contributed by atoms with E-state index < -0.39 is 0 Å². The number of hydrogen-bond acceptors (Lipinski definition) is 6. The van der Waals surface area contributed by atoms with Crippen LogP contribution < -0.4 is 11.1 Å². The van der Waals surface area contributed by atoms with E-state index in [2.05, 4.69) is 20.3 Å². The molecule has 0 aliphatic carbocycles. The lowest BCUT2D eigenvalue weighted by Gasteiger charge is -2.20. The summed E-state index contributed by atoms with van der Waals surface area (Å²) >= 11 is 0. The maximum absolute atomic E-state index is 13.5. The number of rotatable bonds is 4. The number of benzene rings is 2. The number of aromatic nitrogens is 3. The maximum Gasteiger partial charge on any atom is 0.150 e. The summed E-state index contributed by atoms with van der Waals surface area (Å²) in [5, 5.41) is 13.6. The third-order valence-electron chi connectivity index (χ3n) is 4.75. The summed E-state index contributed by atoms with van der Waals surface area (Å²) in [4.78, 5) is 12.6. The van der Waals surface area contributed by atoms with E-state index >= 15 is 0 Å². The largest absolute Gasteiger partial charge is 0.382 e. The molecule has 0 amide bonds. The van der Waals surface area contributed by atoms with Gasteiger partial charge in [-0.3, -0.25) is 4.98 Å². The van der Waals surface area contributed by atoms with E-state index in [1.54, 1.807) is 18.3 Å². The molecule has 0 spiro atoms. The van der Waals surface area contributed by atoms with Crippen molar-refractivity contribution in [3.8, 4) is 17.2 Å². The second-order valence-electron chi connectivity index (χ2n) is 6.57. The second kappa shape index (κ2) is 7.52. The molecule has 0 aliphatic rings. The van der Waals surface area contributed by atoms with E-state index in [4.69, 9.17) is 5.73 Å². The first-order chi connectivity index (χ1) is 14.1. The average molecular weight is 384 g/mol. The highest BCUT2D eigenvalue weighted by Crippen LogP contribution is 2.35. The highest BCUT2D eigenvalue weighted by molar-refractivity contribution is 5.96. The van der Waals surface area contributed by atoms with Gasteiger partial charge in [-0.2, -0.15) is 5.26 Å². The fourth-order valence-electron chi connectivity index (χ4n) is 3.33. The molecule has 142 valence electrons. The van der Waals surface area contributed by atoms with Crippen molar-refractivity contribution in [2.45, 2.75) is 13.0 Å². The molecule has 2 heterocycles. The van der Waals surface area contributed by atoms with Crippen LogP contribution >= 0.6 is 0 Å². The van der Waals surface area contributed by atoms with Crippen LogP contribution in [0.25, 0.3) is 22.0 Å². The molecule has 1 atom stereocenters. The Hall–Kier alpha value is -4.05. The quantitative estimate of drug-likeness (QED) is 0.539. The van der Waals surface area contributed by atoms with Crippen LogP contribution in [0.1, 0.15) is 24.1 Å². The zero-order valence-corrected chi connectivity index (χ0v) is 15.6. The number of fused-ring (bicyclic) bond motifs is 1. The van der Waals surface area contributed by atoms with E-state index in [0.29, 0.717) is 5.82 Å². The van der Waals surface area contributed by atoms with Crippen molar-refractivity contribution >= 4 is 22.5 Å². The minimum atomic E-state index is -0.296. The van der Waals surface area contributed by atoms with E-state index in [1.165, 1.54) is 18.5 Å². The third-order valence-corrected chi connectivity index (χ3v) is 4.75. The van der Waals surface area contributed by atoms with Crippen LogP contribution in [0, 0.1) is 17.1 Å². The maximum atomic E-state index is 13.5. The molecule has 2 aromatic heterocycles. The monoisotopic (exact) mass is 384 g/mol. The van der Waals surface area contributed by atoms with Gasteiger partial charge in [-0.1, -0.05) is 30.3 Å². The molecule has 29 heavy (non-hydrogen) atoms. The number of halogens is 1. The highest BCUT2D eigenvalue weighted by atomic mass is 19.1. The zero-order valence-electron chi connectivity index (χ0n) is 15.6. The van der Waals surface area contributed by atoms with Crippen LogP contribution in [-0.2, 0) is 0 Å². The van der Waals surface area contributed by atoms with E-state index in [0.717, 1.165) is 27.6 Å². The van der Waals surface area contributed by atoms with Gasteiger partial charge in [0, 0.05) is 17.1 Å².